The topological polar surface area (TPSA) is 167 Å². The van der Waals surface area contributed by atoms with Gasteiger partial charge in [-0.05, 0) is 79.7 Å². The molecule has 6 aromatic heterocycles. The van der Waals surface area contributed by atoms with E-state index < -0.39 is 15.6 Å². The first-order chi connectivity index (χ1) is 25.8. The molecule has 0 bridgehead atoms. The van der Waals surface area contributed by atoms with Crippen LogP contribution >= 0.6 is 15.6 Å². The summed E-state index contributed by atoms with van der Waals surface area (Å²) in [6.07, 6.45) is 0. The van der Waals surface area contributed by atoms with Crippen LogP contribution in [-0.2, 0) is 44.8 Å². The summed E-state index contributed by atoms with van der Waals surface area (Å²) in [5.41, 5.74) is 7.31. The fourth-order valence-corrected chi connectivity index (χ4v) is 4.56. The van der Waals surface area contributed by atoms with Crippen LogP contribution in [0.2, 0.25) is 0 Å². The van der Waals surface area contributed by atoms with Gasteiger partial charge in [0.05, 0.1) is 37.0 Å². The summed E-state index contributed by atoms with van der Waals surface area (Å²) in [6, 6.07) is 8.27. The van der Waals surface area contributed by atoms with Gasteiger partial charge in [0.1, 0.15) is 0 Å². The van der Waals surface area contributed by atoms with Gasteiger partial charge >= 0.3 is 123 Å². The average molecular weight is 1100 g/mol. The second-order valence-electron chi connectivity index (χ2n) is 12.1. The van der Waals surface area contributed by atoms with Crippen molar-refractivity contribution >= 4 is 15.6 Å². The Morgan fingerprint density at radius 3 is 0.650 bits per heavy atom. The zero-order valence-corrected chi connectivity index (χ0v) is 37.2. The number of hydrogen-bond donors (Lipinski definition) is 0. The Kier molecular flexibility index (Phi) is 15.6. The molecule has 0 atom stereocenters. The smallest absolute Gasteiger partial charge is 1.00 e. The van der Waals surface area contributed by atoms with Crippen LogP contribution in [0.4, 0.5) is 50.4 Å². The molecule has 0 N–H and O–H groups in total. The number of rotatable bonds is 6. The Bertz CT molecular complexity index is 2120. The molecule has 0 aromatic carbocycles. The van der Waals surface area contributed by atoms with Crippen molar-refractivity contribution in [3.8, 4) is 35.8 Å². The molecule has 0 saturated heterocycles. The van der Waals surface area contributed by atoms with Gasteiger partial charge in [-0.3, -0.25) is 0 Å². The van der Waals surface area contributed by atoms with Crippen molar-refractivity contribution in [1.29, 1.82) is 0 Å². The molecule has 6 aromatic rings. The molecule has 16 nitrogen and oxygen atoms in total. The van der Waals surface area contributed by atoms with Crippen molar-refractivity contribution in [3.63, 3.8) is 0 Å². The molecule has 0 spiro atoms. The second-order valence-corrected chi connectivity index (χ2v) is 15.9. The predicted molar refractivity (Wildman–Crippen MR) is 186 cm³/mol. The zero-order chi connectivity index (χ0) is 44.5. The molecule has 6 rings (SSSR count). The molecule has 0 amide bonds. The summed E-state index contributed by atoms with van der Waals surface area (Å²) in [7, 11) is -18.3. The van der Waals surface area contributed by atoms with Crippen LogP contribution in [-0.4, -0.2) is 83.2 Å². The third-order valence-corrected chi connectivity index (χ3v) is 6.34. The van der Waals surface area contributed by atoms with E-state index in [1.165, 1.54) is 14.2 Å². The van der Waals surface area contributed by atoms with Gasteiger partial charge in [0.15, 0.2) is 0 Å². The summed E-state index contributed by atoms with van der Waals surface area (Å²) in [4.78, 5) is 26.0. The molecule has 0 aliphatic rings. The summed E-state index contributed by atoms with van der Waals surface area (Å²) < 4.78 is 135. The molecule has 60 heavy (non-hydrogen) atoms. The maximum Gasteiger partial charge on any atom is 1.00 e. The van der Waals surface area contributed by atoms with Crippen molar-refractivity contribution in [3.05, 3.63) is 69.8 Å². The second kappa shape index (κ2) is 17.4. The molecule has 344 valence electrons. The maximum atomic E-state index is 9.87. The van der Waals surface area contributed by atoms with E-state index in [0.29, 0.717) is 23.8 Å². The van der Waals surface area contributed by atoms with Crippen LogP contribution in [0, 0.1) is 55.4 Å². The molecular formula is C28H34Ag2F12N14O2P2. The van der Waals surface area contributed by atoms with Crippen LogP contribution in [0.3, 0.4) is 0 Å². The van der Waals surface area contributed by atoms with Gasteiger partial charge in [-0.15, -0.1) is 0 Å². The van der Waals surface area contributed by atoms with Gasteiger partial charge in [0.2, 0.25) is 0 Å². The first-order valence-corrected chi connectivity index (χ1v) is 19.8. The third-order valence-electron chi connectivity index (χ3n) is 6.34. The first-order valence-electron chi connectivity index (χ1n) is 15.7. The normalized spacial score (nSPS) is 13.4. The molecule has 0 unspecified atom stereocenters. The van der Waals surface area contributed by atoms with Crippen molar-refractivity contribution in [2.24, 2.45) is 0 Å². The molecule has 32 heteroatoms. The van der Waals surface area contributed by atoms with E-state index in [-0.39, 0.29) is 56.8 Å². The molecule has 0 saturated carbocycles. The van der Waals surface area contributed by atoms with Crippen LogP contribution in [0.1, 0.15) is 45.6 Å². The minimum atomic E-state index is -10.7. The van der Waals surface area contributed by atoms with Gasteiger partial charge in [-0.1, -0.05) is 0 Å². The minimum absolute atomic E-state index is 0. The Morgan fingerprint density at radius 2 is 0.533 bits per heavy atom. The van der Waals surface area contributed by atoms with Gasteiger partial charge < -0.3 is 9.47 Å². The first kappa shape index (κ1) is 54.0. The minimum Gasteiger partial charge on any atom is 1.00 e. The van der Waals surface area contributed by atoms with Crippen LogP contribution in [0.5, 0.6) is 12.0 Å². The number of ether oxygens (including phenoxy) is 2. The fourth-order valence-electron chi connectivity index (χ4n) is 4.56. The van der Waals surface area contributed by atoms with Crippen molar-refractivity contribution in [2.75, 3.05) is 14.2 Å². The Morgan fingerprint density at radius 1 is 0.367 bits per heavy atom. The zero-order valence-electron chi connectivity index (χ0n) is 32.4. The number of hydrogen-bond acceptors (Lipinski definition) is 12. The molecular weight excluding hydrogens is 1070 g/mol. The maximum absolute atomic E-state index is 10.7. The standard InChI is InChI=1S/2C14H17N7O.2Ag.2F6P/c2*1-8-6-10(3)20(18-8)12-15-13(17-14(16-12)22-5)21-11(4)7-9(2)19-21;;;2*1-7(2,3,4,5)6/h2*6-7H,1-5H3;;;;/q;;2*+1;2*-1. The Labute approximate surface area is 363 Å². The fraction of sp³-hybridized carbons (Fsp3) is 0.357. The van der Waals surface area contributed by atoms with Crippen molar-refractivity contribution in [2.45, 2.75) is 55.4 Å². The van der Waals surface area contributed by atoms with Crippen molar-refractivity contribution in [1.82, 2.24) is 69.0 Å². The van der Waals surface area contributed by atoms with E-state index in [2.05, 4.69) is 50.3 Å². The van der Waals surface area contributed by atoms with Crippen LogP contribution < -0.4 is 9.47 Å². The Balaban J connectivity index is 0.000000447. The number of halogens is 12. The van der Waals surface area contributed by atoms with E-state index in [0.717, 1.165) is 45.6 Å². The number of aryl methyl sites for hydroxylation is 8. The summed E-state index contributed by atoms with van der Waals surface area (Å²) in [6.45, 7) is 15.5. The number of aromatic nitrogens is 14. The predicted octanol–water partition coefficient (Wildman–Crippen LogP) is 9.73. The van der Waals surface area contributed by atoms with Crippen LogP contribution in [0.15, 0.2) is 24.3 Å². The van der Waals surface area contributed by atoms with Gasteiger partial charge in [-0.25, -0.2) is 18.7 Å². The van der Waals surface area contributed by atoms with E-state index in [9.17, 15) is 50.4 Å². The summed E-state index contributed by atoms with van der Waals surface area (Å²) in [5.74, 6) is 1.61. The summed E-state index contributed by atoms with van der Waals surface area (Å²) >= 11 is 0. The van der Waals surface area contributed by atoms with E-state index >= 15 is 0 Å². The largest absolute Gasteiger partial charge is 1.00 e. The summed E-state index contributed by atoms with van der Waals surface area (Å²) in [5, 5.41) is 17.6. The van der Waals surface area contributed by atoms with E-state index in [1.54, 1.807) is 18.7 Å². The molecule has 0 aliphatic carbocycles. The molecule has 0 aliphatic heterocycles. The van der Waals surface area contributed by atoms with Gasteiger partial charge in [0, 0.05) is 22.8 Å². The molecule has 6 heterocycles. The Hall–Kier alpha value is -4.04. The SMILES string of the molecule is COc1nc(-n2nc(C)cc2C)nc(-n2nc(C)cc2C)n1.COc1nc(-n2nc(C)cc2C)nc(-n2nc(C)cc2C)n1.F[P-](F)(F)(F)(F)F.F[P-](F)(F)(F)(F)F.[Ag+].[Ag+]. The van der Waals surface area contributed by atoms with Crippen molar-refractivity contribution < 1.29 is 105 Å². The molecule has 0 radical (unpaired) electrons. The van der Waals surface area contributed by atoms with Gasteiger partial charge in [-0.2, -0.15) is 50.3 Å². The third kappa shape index (κ3) is 19.6. The monoisotopic (exact) mass is 1100 g/mol. The van der Waals surface area contributed by atoms with Crippen LogP contribution in [0.25, 0.3) is 23.8 Å². The molecule has 0 fully saturated rings. The van der Waals surface area contributed by atoms with Gasteiger partial charge in [0.25, 0.3) is 23.8 Å². The van der Waals surface area contributed by atoms with E-state index in [1.807, 2.05) is 79.7 Å². The number of methoxy groups -OCH3 is 2. The quantitative estimate of drug-likeness (QED) is 0.0882. The number of nitrogens with zero attached hydrogens (tertiary/aromatic N) is 14. The average Bonchev–Trinajstić information content (AvgIpc) is 3.77. The van der Waals surface area contributed by atoms with E-state index in [4.69, 9.17) is 9.47 Å².